The van der Waals surface area contributed by atoms with Gasteiger partial charge >= 0.3 is 0 Å². The Kier molecular flexibility index (Phi) is 5.48. The quantitative estimate of drug-likeness (QED) is 0.619. The molecule has 1 unspecified atom stereocenters. The number of benzene rings is 2. The number of hydrogen-bond acceptors (Lipinski definition) is 4. The van der Waals surface area contributed by atoms with Crippen molar-refractivity contribution in [1.82, 2.24) is 5.32 Å². The second kappa shape index (κ2) is 7.40. The molecule has 0 aliphatic heterocycles. The van der Waals surface area contributed by atoms with Crippen molar-refractivity contribution in [2.75, 3.05) is 13.7 Å². The molecule has 0 aliphatic carbocycles. The summed E-state index contributed by atoms with van der Waals surface area (Å²) >= 11 is 0. The first-order valence-corrected chi connectivity index (χ1v) is 7.39. The molecular formula is C18H17F2NO4. The van der Waals surface area contributed by atoms with Crippen LogP contribution in [0.2, 0.25) is 0 Å². The zero-order valence-electron chi connectivity index (χ0n) is 13.7. The average molecular weight is 349 g/mol. The van der Waals surface area contributed by atoms with Crippen LogP contribution in [-0.2, 0) is 10.4 Å². The van der Waals surface area contributed by atoms with Crippen LogP contribution in [0, 0.1) is 11.6 Å². The molecule has 0 aromatic heterocycles. The fourth-order valence-electron chi connectivity index (χ4n) is 2.23. The number of rotatable bonds is 6. The van der Waals surface area contributed by atoms with Crippen LogP contribution in [0.15, 0.2) is 42.5 Å². The van der Waals surface area contributed by atoms with E-state index in [1.165, 1.54) is 38.3 Å². The van der Waals surface area contributed by atoms with Crippen LogP contribution < -0.4 is 10.1 Å². The third kappa shape index (κ3) is 4.39. The summed E-state index contributed by atoms with van der Waals surface area (Å²) in [6.07, 6.45) is 0. The van der Waals surface area contributed by atoms with Crippen molar-refractivity contribution in [3.8, 4) is 5.75 Å². The van der Waals surface area contributed by atoms with Gasteiger partial charge in [-0.25, -0.2) is 8.78 Å². The summed E-state index contributed by atoms with van der Waals surface area (Å²) in [6, 6.07) is 8.64. The molecule has 2 aromatic carbocycles. The number of Topliss-reactive ketones (excluding diaryl/α,β-unsaturated/α-hetero) is 1. The average Bonchev–Trinajstić information content (AvgIpc) is 2.58. The van der Waals surface area contributed by atoms with Gasteiger partial charge in [0.15, 0.2) is 0 Å². The summed E-state index contributed by atoms with van der Waals surface area (Å²) in [5.74, 6) is -2.95. The number of methoxy groups -OCH3 is 1. The topological polar surface area (TPSA) is 75.6 Å². The molecule has 0 heterocycles. The van der Waals surface area contributed by atoms with Crippen molar-refractivity contribution in [1.29, 1.82) is 0 Å². The Labute approximate surface area is 143 Å². The Morgan fingerprint density at radius 2 is 1.80 bits per heavy atom. The molecule has 132 valence electrons. The van der Waals surface area contributed by atoms with E-state index in [1.807, 2.05) is 0 Å². The maximum absolute atomic E-state index is 13.8. The van der Waals surface area contributed by atoms with E-state index in [1.54, 1.807) is 0 Å². The normalized spacial score (nSPS) is 13.0. The molecule has 0 saturated carbocycles. The van der Waals surface area contributed by atoms with Crippen LogP contribution in [0.3, 0.4) is 0 Å². The van der Waals surface area contributed by atoms with Gasteiger partial charge in [-0.3, -0.25) is 9.59 Å². The summed E-state index contributed by atoms with van der Waals surface area (Å²) in [5, 5.41) is 12.6. The predicted octanol–water partition coefficient (Wildman–Crippen LogP) is 2.18. The SMILES string of the molecule is COc1ccc(C(=O)C(=O)NCC(C)(O)c2ccc(F)cc2F)cc1. The molecule has 2 N–H and O–H groups in total. The Bertz CT molecular complexity index is 788. The highest BCUT2D eigenvalue weighted by atomic mass is 19.1. The van der Waals surface area contributed by atoms with Gasteiger partial charge < -0.3 is 15.2 Å². The molecule has 0 fully saturated rings. The van der Waals surface area contributed by atoms with Crippen LogP contribution in [0.1, 0.15) is 22.8 Å². The summed E-state index contributed by atoms with van der Waals surface area (Å²) in [6.45, 7) is 0.831. The lowest BCUT2D eigenvalue weighted by Gasteiger charge is -2.24. The summed E-state index contributed by atoms with van der Waals surface area (Å²) in [5.41, 5.74) is -1.86. The van der Waals surface area contributed by atoms with Gasteiger partial charge in [-0.05, 0) is 37.3 Å². The fraction of sp³-hybridized carbons (Fsp3) is 0.222. The number of hydrogen-bond donors (Lipinski definition) is 2. The van der Waals surface area contributed by atoms with E-state index in [-0.39, 0.29) is 11.1 Å². The van der Waals surface area contributed by atoms with Gasteiger partial charge in [0, 0.05) is 17.2 Å². The molecule has 2 rings (SSSR count). The fourth-order valence-corrected chi connectivity index (χ4v) is 2.23. The van der Waals surface area contributed by atoms with Crippen LogP contribution in [0.5, 0.6) is 5.75 Å². The van der Waals surface area contributed by atoms with E-state index in [0.29, 0.717) is 11.8 Å². The highest BCUT2D eigenvalue weighted by molar-refractivity contribution is 6.42. The predicted molar refractivity (Wildman–Crippen MR) is 86.3 cm³/mol. The summed E-state index contributed by atoms with van der Waals surface area (Å²) < 4.78 is 31.7. The Morgan fingerprint density at radius 3 is 2.36 bits per heavy atom. The highest BCUT2D eigenvalue weighted by Gasteiger charge is 2.28. The maximum Gasteiger partial charge on any atom is 0.292 e. The molecule has 1 atom stereocenters. The number of amides is 1. The van der Waals surface area contributed by atoms with Gasteiger partial charge in [-0.2, -0.15) is 0 Å². The van der Waals surface area contributed by atoms with Crippen LogP contribution >= 0.6 is 0 Å². The standard InChI is InChI=1S/C18H17F2NO4/c1-18(24,14-8-5-12(19)9-15(14)20)10-21-17(23)16(22)11-3-6-13(25-2)7-4-11/h3-9,24H,10H2,1-2H3,(H,21,23). The lowest BCUT2D eigenvalue weighted by molar-refractivity contribution is -0.118. The minimum atomic E-state index is -1.81. The first-order valence-electron chi connectivity index (χ1n) is 7.39. The maximum atomic E-state index is 13.8. The highest BCUT2D eigenvalue weighted by Crippen LogP contribution is 2.23. The van der Waals surface area contributed by atoms with Gasteiger partial charge in [-0.15, -0.1) is 0 Å². The molecule has 0 bridgehead atoms. The third-order valence-corrected chi connectivity index (χ3v) is 3.66. The van der Waals surface area contributed by atoms with Crippen LogP contribution in [0.4, 0.5) is 8.78 Å². The van der Waals surface area contributed by atoms with E-state index in [0.717, 1.165) is 12.1 Å². The third-order valence-electron chi connectivity index (χ3n) is 3.66. The number of carbonyl (C=O) groups excluding carboxylic acids is 2. The van der Waals surface area contributed by atoms with Gasteiger partial charge in [0.1, 0.15) is 23.0 Å². The molecule has 5 nitrogen and oxygen atoms in total. The molecule has 0 spiro atoms. The van der Waals surface area contributed by atoms with E-state index >= 15 is 0 Å². The van der Waals surface area contributed by atoms with Crippen molar-refractivity contribution in [2.24, 2.45) is 0 Å². The smallest absolute Gasteiger partial charge is 0.292 e. The van der Waals surface area contributed by atoms with E-state index in [2.05, 4.69) is 5.32 Å². The largest absolute Gasteiger partial charge is 0.497 e. The molecule has 1 amide bonds. The van der Waals surface area contributed by atoms with E-state index in [4.69, 9.17) is 4.74 Å². The van der Waals surface area contributed by atoms with Crippen LogP contribution in [0.25, 0.3) is 0 Å². The first-order chi connectivity index (χ1) is 11.7. The van der Waals surface area contributed by atoms with Crippen molar-refractivity contribution in [3.63, 3.8) is 0 Å². The second-order valence-corrected chi connectivity index (χ2v) is 5.64. The number of carbonyl (C=O) groups is 2. The lowest BCUT2D eigenvalue weighted by Crippen LogP contribution is -2.42. The Morgan fingerprint density at radius 1 is 1.16 bits per heavy atom. The Hall–Kier alpha value is -2.80. The second-order valence-electron chi connectivity index (χ2n) is 5.64. The molecule has 0 saturated heterocycles. The van der Waals surface area contributed by atoms with Crippen molar-refractivity contribution >= 4 is 11.7 Å². The van der Waals surface area contributed by atoms with Gasteiger partial charge in [-0.1, -0.05) is 6.07 Å². The van der Waals surface area contributed by atoms with Gasteiger partial charge in [0.05, 0.1) is 13.7 Å². The number of aliphatic hydroxyl groups is 1. The van der Waals surface area contributed by atoms with Gasteiger partial charge in [0.2, 0.25) is 5.78 Å². The molecule has 25 heavy (non-hydrogen) atoms. The number of nitrogens with one attached hydrogen (secondary N) is 1. The zero-order chi connectivity index (χ0) is 18.6. The zero-order valence-corrected chi connectivity index (χ0v) is 13.7. The molecule has 0 radical (unpaired) electrons. The van der Waals surface area contributed by atoms with Crippen molar-refractivity contribution < 1.29 is 28.2 Å². The minimum absolute atomic E-state index is 0.144. The first kappa shape index (κ1) is 18.5. The van der Waals surface area contributed by atoms with Crippen molar-refractivity contribution in [3.05, 3.63) is 65.2 Å². The number of ketones is 1. The van der Waals surface area contributed by atoms with E-state index in [9.17, 15) is 23.5 Å². The molecule has 7 heteroatoms. The molecule has 0 aliphatic rings. The number of ether oxygens (including phenoxy) is 1. The van der Waals surface area contributed by atoms with Gasteiger partial charge in [0.25, 0.3) is 5.91 Å². The van der Waals surface area contributed by atoms with Crippen LogP contribution in [-0.4, -0.2) is 30.5 Å². The minimum Gasteiger partial charge on any atom is -0.497 e. The van der Waals surface area contributed by atoms with E-state index < -0.39 is 35.5 Å². The molecule has 2 aromatic rings. The summed E-state index contributed by atoms with van der Waals surface area (Å²) in [4.78, 5) is 24.0. The Balaban J connectivity index is 2.05. The molecular weight excluding hydrogens is 332 g/mol. The van der Waals surface area contributed by atoms with Crippen molar-refractivity contribution in [2.45, 2.75) is 12.5 Å². The lowest BCUT2D eigenvalue weighted by atomic mass is 9.95. The number of halogens is 2. The summed E-state index contributed by atoms with van der Waals surface area (Å²) in [7, 11) is 1.47. The monoisotopic (exact) mass is 349 g/mol.